The quantitative estimate of drug-likeness (QED) is 0.889. The number of rotatable bonds is 3. The summed E-state index contributed by atoms with van der Waals surface area (Å²) >= 11 is 12.0. The molecule has 1 aromatic carbocycles. The van der Waals surface area contributed by atoms with Crippen LogP contribution in [0.3, 0.4) is 0 Å². The minimum absolute atomic E-state index is 0.0308. The number of anilines is 1. The Morgan fingerprint density at radius 3 is 2.68 bits per heavy atom. The Hall–Kier alpha value is -1.59. The molecule has 1 aromatic heterocycles. The van der Waals surface area contributed by atoms with Gasteiger partial charge in [-0.25, -0.2) is 0 Å². The maximum atomic E-state index is 12.1. The zero-order valence-electron chi connectivity index (χ0n) is 11.8. The van der Waals surface area contributed by atoms with E-state index in [1.54, 1.807) is 18.2 Å². The Labute approximate surface area is 138 Å². The van der Waals surface area contributed by atoms with Gasteiger partial charge in [0.15, 0.2) is 0 Å². The molecule has 1 heterocycles. The van der Waals surface area contributed by atoms with Crippen LogP contribution in [0.25, 0.3) is 11.5 Å². The molecule has 3 rings (SSSR count). The summed E-state index contributed by atoms with van der Waals surface area (Å²) in [4.78, 5) is 12.1. The van der Waals surface area contributed by atoms with Gasteiger partial charge in [0.05, 0.1) is 10.6 Å². The lowest BCUT2D eigenvalue weighted by Gasteiger charge is -2.19. The summed E-state index contributed by atoms with van der Waals surface area (Å²) in [5.41, 5.74) is 0.580. The summed E-state index contributed by atoms with van der Waals surface area (Å²) in [6.45, 7) is 0. The molecule has 1 N–H and O–H groups in total. The first-order chi connectivity index (χ1) is 10.6. The number of halogens is 2. The van der Waals surface area contributed by atoms with Gasteiger partial charge in [-0.3, -0.25) is 10.1 Å². The predicted octanol–water partition coefficient (Wildman–Crippen LogP) is 4.56. The molecule has 0 bridgehead atoms. The fraction of sp³-hybridized carbons (Fsp3) is 0.400. The van der Waals surface area contributed by atoms with Crippen molar-refractivity contribution in [1.82, 2.24) is 10.2 Å². The van der Waals surface area contributed by atoms with Crippen LogP contribution in [0.15, 0.2) is 22.6 Å². The first-order valence-electron chi connectivity index (χ1n) is 7.23. The van der Waals surface area contributed by atoms with Gasteiger partial charge in [-0.05, 0) is 31.0 Å². The number of hydrogen-bond donors (Lipinski definition) is 1. The van der Waals surface area contributed by atoms with E-state index in [-0.39, 0.29) is 23.7 Å². The highest BCUT2D eigenvalue weighted by Crippen LogP contribution is 2.30. The third-order valence-electron chi connectivity index (χ3n) is 3.79. The minimum Gasteiger partial charge on any atom is -0.403 e. The molecule has 116 valence electrons. The molecule has 1 fully saturated rings. The maximum absolute atomic E-state index is 12.1. The monoisotopic (exact) mass is 339 g/mol. The summed E-state index contributed by atoms with van der Waals surface area (Å²) < 4.78 is 5.47. The standard InChI is InChI=1S/C15H15Cl2N3O2/c16-10-6-7-11(12(17)8-10)14-19-20-15(22-14)18-13(21)9-4-2-1-3-5-9/h6-9H,1-5H2,(H,18,20,21). The van der Waals surface area contributed by atoms with Crippen molar-refractivity contribution >= 4 is 35.1 Å². The number of carbonyl (C=O) groups is 1. The largest absolute Gasteiger partial charge is 0.403 e. The van der Waals surface area contributed by atoms with Gasteiger partial charge in [-0.2, -0.15) is 0 Å². The molecule has 0 spiro atoms. The second-order valence-electron chi connectivity index (χ2n) is 5.36. The van der Waals surface area contributed by atoms with Gasteiger partial charge in [0.25, 0.3) is 5.89 Å². The van der Waals surface area contributed by atoms with Gasteiger partial charge < -0.3 is 4.42 Å². The van der Waals surface area contributed by atoms with E-state index in [9.17, 15) is 4.79 Å². The molecule has 5 nitrogen and oxygen atoms in total. The van der Waals surface area contributed by atoms with Gasteiger partial charge in [-0.15, -0.1) is 5.10 Å². The summed E-state index contributed by atoms with van der Waals surface area (Å²) in [5, 5.41) is 11.4. The van der Waals surface area contributed by atoms with Crippen LogP contribution in [0.5, 0.6) is 0 Å². The average Bonchev–Trinajstić information content (AvgIpc) is 2.96. The van der Waals surface area contributed by atoms with Crippen molar-refractivity contribution in [3.8, 4) is 11.5 Å². The fourth-order valence-electron chi connectivity index (χ4n) is 2.62. The molecule has 0 radical (unpaired) electrons. The highest BCUT2D eigenvalue weighted by Gasteiger charge is 2.23. The average molecular weight is 340 g/mol. The summed E-state index contributed by atoms with van der Waals surface area (Å²) in [5.74, 6) is 0.223. The first-order valence-corrected chi connectivity index (χ1v) is 7.99. The molecular formula is C15H15Cl2N3O2. The van der Waals surface area contributed by atoms with E-state index in [4.69, 9.17) is 27.6 Å². The molecule has 0 saturated heterocycles. The Morgan fingerprint density at radius 2 is 1.95 bits per heavy atom. The summed E-state index contributed by atoms with van der Waals surface area (Å²) in [7, 11) is 0. The number of carbonyl (C=O) groups excluding carboxylic acids is 1. The summed E-state index contributed by atoms with van der Waals surface area (Å²) in [6, 6.07) is 5.08. The third kappa shape index (κ3) is 3.42. The van der Waals surface area contributed by atoms with Crippen LogP contribution in [0.2, 0.25) is 10.0 Å². The Balaban J connectivity index is 1.72. The van der Waals surface area contributed by atoms with Crippen molar-refractivity contribution in [3.63, 3.8) is 0 Å². The van der Waals surface area contributed by atoms with E-state index < -0.39 is 0 Å². The highest BCUT2D eigenvalue weighted by molar-refractivity contribution is 6.36. The van der Waals surface area contributed by atoms with E-state index in [0.29, 0.717) is 15.6 Å². The Bertz CT molecular complexity index is 681. The molecule has 0 atom stereocenters. The lowest BCUT2D eigenvalue weighted by molar-refractivity contribution is -0.120. The van der Waals surface area contributed by atoms with Crippen LogP contribution < -0.4 is 5.32 Å². The molecule has 2 aromatic rings. The second kappa shape index (κ2) is 6.67. The number of benzene rings is 1. The van der Waals surface area contributed by atoms with Crippen LogP contribution in [0, 0.1) is 5.92 Å². The van der Waals surface area contributed by atoms with Gasteiger partial charge in [0.1, 0.15) is 0 Å². The minimum atomic E-state index is -0.0582. The molecule has 1 aliphatic carbocycles. The molecule has 0 aliphatic heterocycles. The van der Waals surface area contributed by atoms with Gasteiger partial charge in [0.2, 0.25) is 5.91 Å². The van der Waals surface area contributed by atoms with Crippen molar-refractivity contribution in [1.29, 1.82) is 0 Å². The van der Waals surface area contributed by atoms with Crippen molar-refractivity contribution in [2.75, 3.05) is 5.32 Å². The smallest absolute Gasteiger partial charge is 0.322 e. The van der Waals surface area contributed by atoms with E-state index in [1.807, 2.05) is 0 Å². The molecular weight excluding hydrogens is 325 g/mol. The molecule has 1 aliphatic rings. The van der Waals surface area contributed by atoms with Crippen molar-refractivity contribution in [2.24, 2.45) is 5.92 Å². The van der Waals surface area contributed by atoms with Crippen LogP contribution in [0.1, 0.15) is 32.1 Å². The topological polar surface area (TPSA) is 68.0 Å². The van der Waals surface area contributed by atoms with Crippen LogP contribution in [-0.2, 0) is 4.79 Å². The molecule has 22 heavy (non-hydrogen) atoms. The van der Waals surface area contributed by atoms with Gasteiger partial charge in [0, 0.05) is 10.9 Å². The van der Waals surface area contributed by atoms with Crippen LogP contribution >= 0.6 is 23.2 Å². The molecule has 7 heteroatoms. The van der Waals surface area contributed by atoms with Gasteiger partial charge >= 0.3 is 6.01 Å². The number of hydrogen-bond acceptors (Lipinski definition) is 4. The van der Waals surface area contributed by atoms with Crippen molar-refractivity contribution < 1.29 is 9.21 Å². The SMILES string of the molecule is O=C(Nc1nnc(-c2ccc(Cl)cc2Cl)o1)C1CCCCC1. The maximum Gasteiger partial charge on any atom is 0.322 e. The van der Waals surface area contributed by atoms with Crippen LogP contribution in [-0.4, -0.2) is 16.1 Å². The van der Waals surface area contributed by atoms with E-state index in [0.717, 1.165) is 25.7 Å². The van der Waals surface area contributed by atoms with Crippen LogP contribution in [0.4, 0.5) is 6.01 Å². The second-order valence-corrected chi connectivity index (χ2v) is 6.20. The summed E-state index contributed by atoms with van der Waals surface area (Å²) in [6.07, 6.45) is 5.20. The zero-order valence-corrected chi connectivity index (χ0v) is 13.3. The predicted molar refractivity (Wildman–Crippen MR) is 85.0 cm³/mol. The normalized spacial score (nSPS) is 15.7. The number of nitrogens with zero attached hydrogens (tertiary/aromatic N) is 2. The number of nitrogens with one attached hydrogen (secondary N) is 1. The zero-order chi connectivity index (χ0) is 15.5. The first kappa shape index (κ1) is 15.3. The van der Waals surface area contributed by atoms with Crippen molar-refractivity contribution in [3.05, 3.63) is 28.2 Å². The number of aromatic nitrogens is 2. The highest BCUT2D eigenvalue weighted by atomic mass is 35.5. The number of amides is 1. The molecule has 1 saturated carbocycles. The van der Waals surface area contributed by atoms with E-state index >= 15 is 0 Å². The molecule has 1 amide bonds. The molecule has 0 unspecified atom stereocenters. The lowest BCUT2D eigenvalue weighted by Crippen LogP contribution is -2.24. The Morgan fingerprint density at radius 1 is 1.18 bits per heavy atom. The Kier molecular flexibility index (Phi) is 4.64. The fourth-order valence-corrected chi connectivity index (χ4v) is 3.11. The lowest BCUT2D eigenvalue weighted by atomic mass is 9.89. The van der Waals surface area contributed by atoms with Gasteiger partial charge in [-0.1, -0.05) is 47.6 Å². The van der Waals surface area contributed by atoms with E-state index in [2.05, 4.69) is 15.5 Å². The van der Waals surface area contributed by atoms with Crippen molar-refractivity contribution in [2.45, 2.75) is 32.1 Å². The third-order valence-corrected chi connectivity index (χ3v) is 4.34. The van der Waals surface area contributed by atoms with E-state index in [1.165, 1.54) is 6.42 Å².